The number of hydrogen-bond acceptors (Lipinski definition) is 1. The molecule has 1 heterocycles. The first kappa shape index (κ1) is 17.2. The van der Waals surface area contributed by atoms with Crippen LogP contribution in [0.3, 0.4) is 0 Å². The molecule has 0 saturated carbocycles. The van der Waals surface area contributed by atoms with Crippen molar-refractivity contribution < 1.29 is 8.78 Å². The van der Waals surface area contributed by atoms with Crippen molar-refractivity contribution in [3.8, 4) is 11.3 Å². The molecule has 0 spiro atoms. The maximum absolute atomic E-state index is 13.4. The maximum Gasteiger partial charge on any atom is 0.135 e. The predicted octanol–water partition coefficient (Wildman–Crippen LogP) is 5.39. The van der Waals surface area contributed by atoms with Crippen molar-refractivity contribution in [2.45, 2.75) is 34.6 Å². The largest absolute Gasteiger partial charge is 0.256 e. The second kappa shape index (κ2) is 9.20. The molecule has 0 saturated heterocycles. The molecule has 1 aromatic carbocycles. The molecule has 19 heavy (non-hydrogen) atoms. The van der Waals surface area contributed by atoms with E-state index in [1.54, 1.807) is 31.3 Å². The van der Waals surface area contributed by atoms with E-state index in [1.807, 2.05) is 27.7 Å². The Kier molecular flexibility index (Phi) is 8.34. The van der Waals surface area contributed by atoms with E-state index < -0.39 is 11.6 Å². The van der Waals surface area contributed by atoms with Gasteiger partial charge in [-0.2, -0.15) is 0 Å². The molecule has 0 atom stereocenters. The monoisotopic (exact) mass is 265 g/mol. The van der Waals surface area contributed by atoms with Gasteiger partial charge in [-0.1, -0.05) is 33.8 Å². The van der Waals surface area contributed by atoms with Gasteiger partial charge in [-0.15, -0.1) is 0 Å². The number of benzene rings is 1. The zero-order valence-corrected chi connectivity index (χ0v) is 12.2. The lowest BCUT2D eigenvalue weighted by Crippen LogP contribution is -1.91. The lowest BCUT2D eigenvalue weighted by Gasteiger charge is -2.04. The number of halogens is 2. The fraction of sp³-hybridized carbons (Fsp3) is 0.312. The summed E-state index contributed by atoms with van der Waals surface area (Å²) in [6, 6.07) is 7.56. The quantitative estimate of drug-likeness (QED) is 0.674. The average Bonchev–Trinajstić information content (AvgIpc) is 2.48. The van der Waals surface area contributed by atoms with Gasteiger partial charge in [0.05, 0.1) is 5.69 Å². The van der Waals surface area contributed by atoms with E-state index in [4.69, 9.17) is 0 Å². The number of nitrogens with zero attached hydrogens (tertiary/aromatic N) is 1. The summed E-state index contributed by atoms with van der Waals surface area (Å²) in [5.41, 5.74) is 1.25. The van der Waals surface area contributed by atoms with Crippen LogP contribution < -0.4 is 0 Å². The van der Waals surface area contributed by atoms with Crippen LogP contribution in [0.25, 0.3) is 11.3 Å². The summed E-state index contributed by atoms with van der Waals surface area (Å²) in [7, 11) is 0. The summed E-state index contributed by atoms with van der Waals surface area (Å²) in [6.07, 6.45) is 1.58. The molecule has 1 aromatic heterocycles. The van der Waals surface area contributed by atoms with Gasteiger partial charge >= 0.3 is 0 Å². The van der Waals surface area contributed by atoms with Crippen LogP contribution in [-0.2, 0) is 0 Å². The SMILES string of the molecule is CC.CC.Cc1cc(-c2ccccn2)c(F)cc1F. The molecule has 1 nitrogen and oxygen atoms in total. The summed E-state index contributed by atoms with van der Waals surface area (Å²) in [5.74, 6) is -1.12. The van der Waals surface area contributed by atoms with Crippen LogP contribution in [0.15, 0.2) is 36.5 Å². The lowest BCUT2D eigenvalue weighted by molar-refractivity contribution is 0.579. The van der Waals surface area contributed by atoms with Gasteiger partial charge in [-0.25, -0.2) is 8.78 Å². The second-order valence-corrected chi connectivity index (χ2v) is 3.30. The molecule has 2 rings (SSSR count). The minimum absolute atomic E-state index is 0.328. The van der Waals surface area contributed by atoms with Crippen molar-refractivity contribution in [3.63, 3.8) is 0 Å². The highest BCUT2D eigenvalue weighted by Crippen LogP contribution is 2.23. The van der Waals surface area contributed by atoms with Gasteiger partial charge in [-0.3, -0.25) is 4.98 Å². The Labute approximate surface area is 114 Å². The van der Waals surface area contributed by atoms with Gasteiger partial charge in [0.1, 0.15) is 11.6 Å². The third-order valence-corrected chi connectivity index (χ3v) is 2.19. The number of aryl methyl sites for hydroxylation is 1. The van der Waals surface area contributed by atoms with E-state index in [1.165, 1.54) is 6.07 Å². The van der Waals surface area contributed by atoms with E-state index in [9.17, 15) is 8.78 Å². The molecular formula is C16H21F2N. The molecule has 3 heteroatoms. The third-order valence-electron chi connectivity index (χ3n) is 2.19. The van der Waals surface area contributed by atoms with Crippen LogP contribution in [0, 0.1) is 18.6 Å². The Bertz CT molecular complexity index is 482. The highest BCUT2D eigenvalue weighted by atomic mass is 19.1. The van der Waals surface area contributed by atoms with Gasteiger partial charge < -0.3 is 0 Å². The number of hydrogen-bond donors (Lipinski definition) is 0. The summed E-state index contributed by atoms with van der Waals surface area (Å²) in [4.78, 5) is 4.02. The third kappa shape index (κ3) is 4.78. The molecule has 0 aliphatic carbocycles. The van der Waals surface area contributed by atoms with Gasteiger partial charge in [0.2, 0.25) is 0 Å². The van der Waals surface area contributed by atoms with Crippen LogP contribution in [-0.4, -0.2) is 4.98 Å². The van der Waals surface area contributed by atoms with Crippen LogP contribution in [0.5, 0.6) is 0 Å². The van der Waals surface area contributed by atoms with Gasteiger partial charge in [-0.05, 0) is 30.7 Å². The molecule has 104 valence electrons. The Balaban J connectivity index is 0.000000741. The van der Waals surface area contributed by atoms with Gasteiger partial charge in [0.15, 0.2) is 0 Å². The first-order valence-electron chi connectivity index (χ1n) is 6.55. The summed E-state index contributed by atoms with van der Waals surface area (Å²) >= 11 is 0. The molecule has 0 fully saturated rings. The first-order chi connectivity index (χ1) is 9.18. The van der Waals surface area contributed by atoms with E-state index in [2.05, 4.69) is 4.98 Å². The minimum atomic E-state index is -0.586. The highest BCUT2D eigenvalue weighted by molar-refractivity contribution is 5.60. The molecule has 0 amide bonds. The maximum atomic E-state index is 13.4. The summed E-state index contributed by atoms with van der Waals surface area (Å²) in [6.45, 7) is 9.60. The molecule has 0 aliphatic rings. The van der Waals surface area contributed by atoms with Crippen LogP contribution >= 0.6 is 0 Å². The first-order valence-corrected chi connectivity index (χ1v) is 6.55. The van der Waals surface area contributed by atoms with Crippen LogP contribution in [0.2, 0.25) is 0 Å². The number of rotatable bonds is 1. The van der Waals surface area contributed by atoms with Crippen molar-refractivity contribution in [2.24, 2.45) is 0 Å². The predicted molar refractivity (Wildman–Crippen MR) is 77.0 cm³/mol. The van der Waals surface area contributed by atoms with Crippen molar-refractivity contribution in [1.82, 2.24) is 4.98 Å². The van der Waals surface area contributed by atoms with Crippen molar-refractivity contribution in [1.29, 1.82) is 0 Å². The smallest absolute Gasteiger partial charge is 0.135 e. The fourth-order valence-electron chi connectivity index (χ4n) is 1.38. The molecule has 0 bridgehead atoms. The molecule has 0 N–H and O–H groups in total. The Morgan fingerprint density at radius 1 is 0.895 bits per heavy atom. The standard InChI is InChI=1S/C12H9F2N.2C2H6/c1-8-6-9(11(14)7-10(8)13)12-4-2-3-5-15-12;2*1-2/h2-7H,1H3;2*1-2H3. The summed E-state index contributed by atoms with van der Waals surface area (Å²) < 4.78 is 26.5. The van der Waals surface area contributed by atoms with Gasteiger partial charge in [0, 0.05) is 17.8 Å². The normalized spacial score (nSPS) is 8.79. The average molecular weight is 265 g/mol. The van der Waals surface area contributed by atoms with E-state index in [0.717, 1.165) is 6.07 Å². The van der Waals surface area contributed by atoms with Crippen molar-refractivity contribution >= 4 is 0 Å². The Morgan fingerprint density at radius 3 is 2.05 bits per heavy atom. The number of aromatic nitrogens is 1. The Hall–Kier alpha value is -1.77. The van der Waals surface area contributed by atoms with Crippen LogP contribution in [0.1, 0.15) is 33.3 Å². The minimum Gasteiger partial charge on any atom is -0.256 e. The molecule has 0 unspecified atom stereocenters. The van der Waals surface area contributed by atoms with E-state index in [0.29, 0.717) is 16.8 Å². The lowest BCUT2D eigenvalue weighted by atomic mass is 10.1. The van der Waals surface area contributed by atoms with E-state index in [-0.39, 0.29) is 0 Å². The van der Waals surface area contributed by atoms with Crippen molar-refractivity contribution in [3.05, 3.63) is 53.7 Å². The molecule has 0 aliphatic heterocycles. The van der Waals surface area contributed by atoms with Crippen molar-refractivity contribution in [2.75, 3.05) is 0 Å². The topological polar surface area (TPSA) is 12.9 Å². The Morgan fingerprint density at radius 2 is 1.53 bits per heavy atom. The highest BCUT2D eigenvalue weighted by Gasteiger charge is 2.09. The summed E-state index contributed by atoms with van der Waals surface area (Å²) in [5, 5.41) is 0. The van der Waals surface area contributed by atoms with Crippen LogP contribution in [0.4, 0.5) is 8.78 Å². The molecular weight excluding hydrogens is 244 g/mol. The zero-order valence-electron chi connectivity index (χ0n) is 12.2. The van der Waals surface area contributed by atoms with Gasteiger partial charge in [0.25, 0.3) is 0 Å². The molecule has 2 aromatic rings. The fourth-order valence-corrected chi connectivity index (χ4v) is 1.38. The van der Waals surface area contributed by atoms with E-state index >= 15 is 0 Å². The second-order valence-electron chi connectivity index (χ2n) is 3.30. The number of pyridine rings is 1. The molecule has 0 radical (unpaired) electrons. The zero-order chi connectivity index (χ0) is 14.8.